The van der Waals surface area contributed by atoms with Gasteiger partial charge in [-0.05, 0) is 18.6 Å². The molecule has 4 nitrogen and oxygen atoms in total. The number of nitrogens with one attached hydrogen (secondary N) is 1. The van der Waals surface area contributed by atoms with Crippen LogP contribution in [0.2, 0.25) is 0 Å². The summed E-state index contributed by atoms with van der Waals surface area (Å²) < 4.78 is 4.91. The summed E-state index contributed by atoms with van der Waals surface area (Å²) in [7, 11) is 0. The first-order valence-corrected chi connectivity index (χ1v) is 4.91. The van der Waals surface area contributed by atoms with Gasteiger partial charge in [-0.1, -0.05) is 13.3 Å². The smallest absolute Gasteiger partial charge is 0.356 e. The van der Waals surface area contributed by atoms with Crippen molar-refractivity contribution in [3.05, 3.63) is 30.1 Å². The number of unbranched alkanes of at least 4 members (excludes halogenated alkanes) is 1. The maximum absolute atomic E-state index is 11.3. The summed E-state index contributed by atoms with van der Waals surface area (Å²) >= 11 is 0. The molecule has 15 heavy (non-hydrogen) atoms. The van der Waals surface area contributed by atoms with Gasteiger partial charge < -0.3 is 4.74 Å². The van der Waals surface area contributed by atoms with Crippen molar-refractivity contribution in [3.8, 4) is 0 Å². The fourth-order valence-corrected chi connectivity index (χ4v) is 1.01. The van der Waals surface area contributed by atoms with Crippen LogP contribution in [0.25, 0.3) is 0 Å². The van der Waals surface area contributed by atoms with Crippen molar-refractivity contribution in [2.75, 3.05) is 6.61 Å². The Hall–Kier alpha value is -1.71. The molecule has 0 saturated carbocycles. The van der Waals surface area contributed by atoms with Crippen LogP contribution < -0.4 is 0 Å². The van der Waals surface area contributed by atoms with Crippen molar-refractivity contribution in [1.29, 1.82) is 5.41 Å². The zero-order valence-corrected chi connectivity index (χ0v) is 8.69. The predicted octanol–water partition coefficient (Wildman–Crippen LogP) is 1.79. The van der Waals surface area contributed by atoms with E-state index in [0.29, 0.717) is 12.2 Å². The summed E-state index contributed by atoms with van der Waals surface area (Å²) in [6.45, 7) is 2.39. The molecule has 0 spiro atoms. The molecule has 1 aromatic rings. The van der Waals surface area contributed by atoms with E-state index in [2.05, 4.69) is 4.98 Å². The third-order valence-corrected chi connectivity index (χ3v) is 1.89. The molecule has 0 aliphatic rings. The molecule has 1 heterocycles. The van der Waals surface area contributed by atoms with Gasteiger partial charge in [-0.2, -0.15) is 0 Å². The number of esters is 1. The lowest BCUT2D eigenvalue weighted by atomic mass is 10.2. The zero-order chi connectivity index (χ0) is 11.1. The Kier molecular flexibility index (Phi) is 4.47. The third-order valence-electron chi connectivity index (χ3n) is 1.89. The highest BCUT2D eigenvalue weighted by atomic mass is 16.5. The van der Waals surface area contributed by atoms with E-state index in [0.717, 1.165) is 12.8 Å². The highest BCUT2D eigenvalue weighted by Gasteiger charge is 2.12. The van der Waals surface area contributed by atoms with Crippen LogP contribution in [0.4, 0.5) is 0 Å². The molecule has 0 radical (unpaired) electrons. The number of rotatable bonds is 5. The Bertz CT molecular complexity index is 336. The second kappa shape index (κ2) is 5.90. The second-order valence-electron chi connectivity index (χ2n) is 3.11. The van der Waals surface area contributed by atoms with Crippen molar-refractivity contribution < 1.29 is 9.53 Å². The molecule has 80 valence electrons. The SMILES string of the molecule is CCCCOC(=O)C(=N)c1cccnc1. The predicted molar refractivity (Wildman–Crippen MR) is 56.9 cm³/mol. The number of hydrogen-bond donors (Lipinski definition) is 1. The van der Waals surface area contributed by atoms with Gasteiger partial charge in [0.15, 0.2) is 0 Å². The van der Waals surface area contributed by atoms with E-state index in [1.807, 2.05) is 6.92 Å². The van der Waals surface area contributed by atoms with Gasteiger partial charge >= 0.3 is 5.97 Å². The van der Waals surface area contributed by atoms with Gasteiger partial charge in [-0.25, -0.2) is 4.79 Å². The van der Waals surface area contributed by atoms with E-state index in [1.54, 1.807) is 18.3 Å². The van der Waals surface area contributed by atoms with Crippen molar-refractivity contribution in [1.82, 2.24) is 4.98 Å². The molecular formula is C11H14N2O2. The molecule has 0 aliphatic carbocycles. The van der Waals surface area contributed by atoms with Gasteiger partial charge in [0.05, 0.1) is 6.61 Å². The zero-order valence-electron chi connectivity index (χ0n) is 8.69. The lowest BCUT2D eigenvalue weighted by Gasteiger charge is -2.04. The summed E-state index contributed by atoms with van der Waals surface area (Å²) in [6, 6.07) is 3.35. The molecule has 1 N–H and O–H groups in total. The van der Waals surface area contributed by atoms with E-state index < -0.39 is 5.97 Å². The van der Waals surface area contributed by atoms with Crippen LogP contribution in [-0.4, -0.2) is 23.3 Å². The third kappa shape index (κ3) is 3.50. The first kappa shape index (κ1) is 11.4. The number of carbonyl (C=O) groups is 1. The van der Waals surface area contributed by atoms with Crippen LogP contribution in [0.15, 0.2) is 24.5 Å². The number of nitrogens with zero attached hydrogens (tertiary/aromatic N) is 1. The molecule has 4 heteroatoms. The maximum Gasteiger partial charge on any atom is 0.356 e. The Morgan fingerprint density at radius 1 is 1.60 bits per heavy atom. The molecule has 1 rings (SSSR count). The van der Waals surface area contributed by atoms with Crippen molar-refractivity contribution in [2.45, 2.75) is 19.8 Å². The molecule has 1 aromatic heterocycles. The lowest BCUT2D eigenvalue weighted by molar-refractivity contribution is -0.135. The fraction of sp³-hybridized carbons (Fsp3) is 0.364. The van der Waals surface area contributed by atoms with Gasteiger partial charge in [0.2, 0.25) is 0 Å². The van der Waals surface area contributed by atoms with E-state index in [-0.39, 0.29) is 5.71 Å². The number of carbonyl (C=O) groups excluding carboxylic acids is 1. The minimum atomic E-state index is -0.587. The van der Waals surface area contributed by atoms with E-state index in [1.165, 1.54) is 6.20 Å². The molecule has 0 fully saturated rings. The minimum Gasteiger partial charge on any atom is -0.461 e. The molecule has 0 aromatic carbocycles. The summed E-state index contributed by atoms with van der Waals surface area (Å²) in [5.74, 6) is -0.587. The number of pyridine rings is 1. The van der Waals surface area contributed by atoms with Crippen LogP contribution in [0.1, 0.15) is 25.3 Å². The van der Waals surface area contributed by atoms with Gasteiger partial charge in [-0.3, -0.25) is 10.4 Å². The quantitative estimate of drug-likeness (QED) is 0.454. The van der Waals surface area contributed by atoms with Crippen LogP contribution in [-0.2, 0) is 9.53 Å². The average molecular weight is 206 g/mol. The van der Waals surface area contributed by atoms with Gasteiger partial charge in [0.25, 0.3) is 0 Å². The van der Waals surface area contributed by atoms with Gasteiger partial charge in [0.1, 0.15) is 5.71 Å². The van der Waals surface area contributed by atoms with Crippen molar-refractivity contribution in [3.63, 3.8) is 0 Å². The monoisotopic (exact) mass is 206 g/mol. The van der Waals surface area contributed by atoms with Crippen LogP contribution in [0.5, 0.6) is 0 Å². The van der Waals surface area contributed by atoms with E-state index in [4.69, 9.17) is 10.1 Å². The highest BCUT2D eigenvalue weighted by Crippen LogP contribution is 2.00. The summed E-state index contributed by atoms with van der Waals surface area (Å²) in [4.78, 5) is 15.2. The molecule has 0 bridgehead atoms. The van der Waals surface area contributed by atoms with Crippen LogP contribution in [0.3, 0.4) is 0 Å². The Labute approximate surface area is 88.8 Å². The summed E-state index contributed by atoms with van der Waals surface area (Å²) in [6.07, 6.45) is 4.86. The van der Waals surface area contributed by atoms with Gasteiger partial charge in [0, 0.05) is 18.0 Å². The maximum atomic E-state index is 11.3. The normalized spacial score (nSPS) is 9.67. The summed E-state index contributed by atoms with van der Waals surface area (Å²) in [5.41, 5.74) is 0.346. The number of aromatic nitrogens is 1. The van der Waals surface area contributed by atoms with Crippen molar-refractivity contribution in [2.24, 2.45) is 0 Å². The highest BCUT2D eigenvalue weighted by molar-refractivity contribution is 6.41. The Balaban J connectivity index is 2.50. The number of ether oxygens (including phenoxy) is 1. The molecule has 0 saturated heterocycles. The van der Waals surface area contributed by atoms with Gasteiger partial charge in [-0.15, -0.1) is 0 Å². The standard InChI is InChI=1S/C11H14N2O2/c1-2-3-7-15-11(14)10(12)9-5-4-6-13-8-9/h4-6,8,12H,2-3,7H2,1H3. The van der Waals surface area contributed by atoms with Crippen LogP contribution in [0, 0.1) is 5.41 Å². The molecular weight excluding hydrogens is 192 g/mol. The average Bonchev–Trinajstić information content (AvgIpc) is 2.29. The first-order valence-electron chi connectivity index (χ1n) is 4.91. The molecule has 0 unspecified atom stereocenters. The molecule has 0 aliphatic heterocycles. The summed E-state index contributed by atoms with van der Waals surface area (Å²) in [5, 5.41) is 7.56. The molecule has 0 amide bonds. The lowest BCUT2D eigenvalue weighted by Crippen LogP contribution is -2.18. The van der Waals surface area contributed by atoms with E-state index >= 15 is 0 Å². The Morgan fingerprint density at radius 2 is 2.40 bits per heavy atom. The van der Waals surface area contributed by atoms with E-state index in [9.17, 15) is 4.79 Å². The molecule has 0 atom stereocenters. The first-order chi connectivity index (χ1) is 7.25. The van der Waals surface area contributed by atoms with Crippen LogP contribution >= 0.6 is 0 Å². The minimum absolute atomic E-state index is 0.140. The second-order valence-corrected chi connectivity index (χ2v) is 3.11. The van der Waals surface area contributed by atoms with Crippen molar-refractivity contribution >= 4 is 11.7 Å². The fourth-order valence-electron chi connectivity index (χ4n) is 1.01. The topological polar surface area (TPSA) is 63.0 Å². The largest absolute Gasteiger partial charge is 0.461 e. The number of hydrogen-bond acceptors (Lipinski definition) is 4. The Morgan fingerprint density at radius 3 is 3.00 bits per heavy atom.